The zero-order chi connectivity index (χ0) is 19.4. The molecule has 0 aliphatic rings. The van der Waals surface area contributed by atoms with Gasteiger partial charge in [0.1, 0.15) is 16.5 Å². The summed E-state index contributed by atoms with van der Waals surface area (Å²) in [5.41, 5.74) is 2.70. The number of aromatic nitrogens is 1. The van der Waals surface area contributed by atoms with Crippen LogP contribution in [0.15, 0.2) is 53.9 Å². The van der Waals surface area contributed by atoms with E-state index in [1.54, 1.807) is 55.9 Å². The number of hydrogen-bond acceptors (Lipinski definition) is 5. The van der Waals surface area contributed by atoms with Crippen molar-refractivity contribution in [3.63, 3.8) is 0 Å². The summed E-state index contributed by atoms with van der Waals surface area (Å²) < 4.78 is 0. The first-order valence-electron chi connectivity index (χ1n) is 8.28. The van der Waals surface area contributed by atoms with Gasteiger partial charge in [0.25, 0.3) is 11.8 Å². The summed E-state index contributed by atoms with van der Waals surface area (Å²) in [6.07, 6.45) is 0. The molecular weight excluding hydrogens is 362 g/mol. The van der Waals surface area contributed by atoms with E-state index < -0.39 is 0 Å². The second-order valence-electron chi connectivity index (χ2n) is 6.16. The Hall–Kier alpha value is -3.19. The highest BCUT2D eigenvalue weighted by Crippen LogP contribution is 2.25. The average molecular weight is 381 g/mol. The summed E-state index contributed by atoms with van der Waals surface area (Å²) in [6, 6.07) is 13.8. The lowest BCUT2D eigenvalue weighted by Crippen LogP contribution is -2.23. The molecule has 1 heterocycles. The maximum Gasteiger partial charge on any atom is 0.271 e. The van der Waals surface area contributed by atoms with Gasteiger partial charge in [0.15, 0.2) is 0 Å². The SMILES string of the molecule is CN(C)C(=O)c1ccc(CNC(=O)c2csc(-c3ccc(O)cc3)n2)cc1. The lowest BCUT2D eigenvalue weighted by Gasteiger charge is -2.10. The lowest BCUT2D eigenvalue weighted by molar-refractivity contribution is 0.0827. The molecule has 0 saturated heterocycles. The van der Waals surface area contributed by atoms with Gasteiger partial charge in [0.05, 0.1) is 0 Å². The van der Waals surface area contributed by atoms with Crippen LogP contribution < -0.4 is 5.32 Å². The van der Waals surface area contributed by atoms with Crippen LogP contribution in [0.5, 0.6) is 5.75 Å². The minimum Gasteiger partial charge on any atom is -0.508 e. The highest BCUT2D eigenvalue weighted by molar-refractivity contribution is 7.13. The van der Waals surface area contributed by atoms with Gasteiger partial charge in [-0.1, -0.05) is 12.1 Å². The Labute approximate surface area is 161 Å². The van der Waals surface area contributed by atoms with Crippen molar-refractivity contribution in [1.82, 2.24) is 15.2 Å². The molecule has 3 rings (SSSR count). The lowest BCUT2D eigenvalue weighted by atomic mass is 10.1. The molecule has 3 aromatic rings. The summed E-state index contributed by atoms with van der Waals surface area (Å²) in [4.78, 5) is 30.1. The Morgan fingerprint density at radius 2 is 1.74 bits per heavy atom. The van der Waals surface area contributed by atoms with E-state index in [4.69, 9.17) is 0 Å². The molecule has 0 fully saturated rings. The number of phenolic OH excluding ortho intramolecular Hbond substituents is 1. The molecule has 7 heteroatoms. The standard InChI is InChI=1S/C20H19N3O3S/c1-23(2)20(26)15-5-3-13(4-6-15)11-21-18(25)17-12-27-19(22-17)14-7-9-16(24)10-8-14/h3-10,12,24H,11H2,1-2H3,(H,21,25). The number of nitrogens with zero attached hydrogens (tertiary/aromatic N) is 2. The molecule has 2 N–H and O–H groups in total. The molecule has 0 saturated carbocycles. The van der Waals surface area contributed by atoms with Gasteiger partial charge in [-0.15, -0.1) is 11.3 Å². The quantitative estimate of drug-likeness (QED) is 0.711. The van der Waals surface area contributed by atoms with Gasteiger partial charge in [0, 0.05) is 37.1 Å². The Balaban J connectivity index is 1.61. The number of carbonyl (C=O) groups excluding carboxylic acids is 2. The Morgan fingerprint density at radius 1 is 1.07 bits per heavy atom. The number of amides is 2. The van der Waals surface area contributed by atoms with Gasteiger partial charge in [-0.3, -0.25) is 9.59 Å². The van der Waals surface area contributed by atoms with Crippen LogP contribution in [0.3, 0.4) is 0 Å². The van der Waals surface area contributed by atoms with E-state index in [-0.39, 0.29) is 17.6 Å². The number of aromatic hydroxyl groups is 1. The van der Waals surface area contributed by atoms with E-state index in [2.05, 4.69) is 10.3 Å². The minimum absolute atomic E-state index is 0.0604. The molecule has 2 aromatic carbocycles. The van der Waals surface area contributed by atoms with Gasteiger partial charge >= 0.3 is 0 Å². The van der Waals surface area contributed by atoms with Crippen LogP contribution in [0, 0.1) is 0 Å². The number of rotatable bonds is 5. The van der Waals surface area contributed by atoms with Crippen molar-refractivity contribution in [2.75, 3.05) is 14.1 Å². The molecule has 0 aliphatic carbocycles. The molecule has 0 spiro atoms. The largest absolute Gasteiger partial charge is 0.508 e. The zero-order valence-corrected chi connectivity index (χ0v) is 15.8. The fourth-order valence-corrected chi connectivity index (χ4v) is 3.22. The maximum atomic E-state index is 12.3. The highest BCUT2D eigenvalue weighted by Gasteiger charge is 2.12. The van der Waals surface area contributed by atoms with Crippen molar-refractivity contribution in [2.45, 2.75) is 6.54 Å². The van der Waals surface area contributed by atoms with Gasteiger partial charge < -0.3 is 15.3 Å². The molecule has 0 bridgehead atoms. The molecule has 0 radical (unpaired) electrons. The molecule has 2 amide bonds. The van der Waals surface area contributed by atoms with Crippen LogP contribution in [0.4, 0.5) is 0 Å². The van der Waals surface area contributed by atoms with Crippen LogP contribution in [0.2, 0.25) is 0 Å². The predicted molar refractivity (Wildman–Crippen MR) is 105 cm³/mol. The van der Waals surface area contributed by atoms with Gasteiger partial charge in [-0.25, -0.2) is 4.98 Å². The van der Waals surface area contributed by atoms with E-state index in [1.165, 1.54) is 16.2 Å². The second-order valence-corrected chi connectivity index (χ2v) is 7.02. The smallest absolute Gasteiger partial charge is 0.271 e. The monoisotopic (exact) mass is 381 g/mol. The zero-order valence-electron chi connectivity index (χ0n) is 15.0. The second kappa shape index (κ2) is 8.01. The van der Waals surface area contributed by atoms with Crippen LogP contribution in [-0.4, -0.2) is 40.9 Å². The van der Waals surface area contributed by atoms with Crippen molar-refractivity contribution in [1.29, 1.82) is 0 Å². The van der Waals surface area contributed by atoms with Gasteiger partial charge in [-0.2, -0.15) is 0 Å². The van der Waals surface area contributed by atoms with Crippen LogP contribution >= 0.6 is 11.3 Å². The normalized spacial score (nSPS) is 10.4. The van der Waals surface area contributed by atoms with Crippen LogP contribution in [0.1, 0.15) is 26.4 Å². The maximum absolute atomic E-state index is 12.3. The summed E-state index contributed by atoms with van der Waals surface area (Å²) >= 11 is 1.37. The van der Waals surface area contributed by atoms with Crippen molar-refractivity contribution < 1.29 is 14.7 Å². The minimum atomic E-state index is -0.260. The fraction of sp³-hybridized carbons (Fsp3) is 0.150. The number of phenols is 1. The number of thiazole rings is 1. The third-order valence-corrected chi connectivity index (χ3v) is 4.80. The van der Waals surface area contributed by atoms with Crippen LogP contribution in [-0.2, 0) is 6.54 Å². The molecule has 27 heavy (non-hydrogen) atoms. The van der Waals surface area contributed by atoms with E-state index in [1.807, 2.05) is 12.1 Å². The first-order chi connectivity index (χ1) is 12.9. The highest BCUT2D eigenvalue weighted by atomic mass is 32.1. The summed E-state index contributed by atoms with van der Waals surface area (Å²) in [5, 5.41) is 14.6. The van der Waals surface area contributed by atoms with Crippen molar-refractivity contribution in [3.8, 4) is 16.3 Å². The fourth-order valence-electron chi connectivity index (χ4n) is 2.41. The topological polar surface area (TPSA) is 82.5 Å². The number of carbonyl (C=O) groups is 2. The van der Waals surface area contributed by atoms with Gasteiger partial charge in [-0.05, 0) is 42.0 Å². The molecule has 6 nitrogen and oxygen atoms in total. The van der Waals surface area contributed by atoms with Crippen molar-refractivity contribution >= 4 is 23.2 Å². The number of nitrogens with one attached hydrogen (secondary N) is 1. The third-order valence-electron chi connectivity index (χ3n) is 3.91. The predicted octanol–water partition coefficient (Wildman–Crippen LogP) is 3.15. The van der Waals surface area contributed by atoms with E-state index in [0.717, 1.165) is 11.1 Å². The molecule has 0 unspecified atom stereocenters. The summed E-state index contributed by atoms with van der Waals surface area (Å²) in [5.74, 6) is -0.133. The number of hydrogen-bond donors (Lipinski definition) is 2. The molecule has 0 atom stereocenters. The third kappa shape index (κ3) is 4.51. The van der Waals surface area contributed by atoms with E-state index in [0.29, 0.717) is 22.8 Å². The van der Waals surface area contributed by atoms with Crippen molar-refractivity contribution in [3.05, 3.63) is 70.7 Å². The summed E-state index contributed by atoms with van der Waals surface area (Å²) in [6.45, 7) is 0.349. The van der Waals surface area contributed by atoms with E-state index >= 15 is 0 Å². The Kier molecular flexibility index (Phi) is 5.52. The summed E-state index contributed by atoms with van der Waals surface area (Å²) in [7, 11) is 3.41. The van der Waals surface area contributed by atoms with E-state index in [9.17, 15) is 14.7 Å². The molecular formula is C20H19N3O3S. The van der Waals surface area contributed by atoms with Crippen LogP contribution in [0.25, 0.3) is 10.6 Å². The number of benzene rings is 2. The Morgan fingerprint density at radius 3 is 2.37 bits per heavy atom. The average Bonchev–Trinajstić information content (AvgIpc) is 3.16. The van der Waals surface area contributed by atoms with Gasteiger partial charge in [0.2, 0.25) is 0 Å². The van der Waals surface area contributed by atoms with Crippen molar-refractivity contribution in [2.24, 2.45) is 0 Å². The Bertz CT molecular complexity index is 947. The molecule has 0 aliphatic heterocycles. The molecule has 1 aromatic heterocycles. The molecule has 138 valence electrons. The first-order valence-corrected chi connectivity index (χ1v) is 9.16. The first kappa shape index (κ1) is 18.6.